The summed E-state index contributed by atoms with van der Waals surface area (Å²) in [5, 5.41) is 7.64. The lowest BCUT2D eigenvalue weighted by atomic mass is 9.97. The van der Waals surface area contributed by atoms with E-state index >= 15 is 0 Å². The van der Waals surface area contributed by atoms with Crippen molar-refractivity contribution >= 4 is 0 Å². The summed E-state index contributed by atoms with van der Waals surface area (Å²) >= 11 is 0. The van der Waals surface area contributed by atoms with E-state index in [0.29, 0.717) is 12.0 Å². The van der Waals surface area contributed by atoms with Crippen LogP contribution in [0.5, 0.6) is 0 Å². The summed E-state index contributed by atoms with van der Waals surface area (Å²) in [6.45, 7) is 1.08. The van der Waals surface area contributed by atoms with Crippen molar-refractivity contribution in [3.8, 4) is 0 Å². The molecule has 1 saturated heterocycles. The number of hydrogen-bond acceptors (Lipinski definition) is 4. The third-order valence-corrected chi connectivity index (χ3v) is 4.53. The van der Waals surface area contributed by atoms with Gasteiger partial charge in [0.15, 0.2) is 5.82 Å². The smallest absolute Gasteiger partial charge is 0.229 e. The highest BCUT2D eigenvalue weighted by molar-refractivity contribution is 5.00. The third-order valence-electron chi connectivity index (χ3n) is 4.53. The zero-order valence-electron chi connectivity index (χ0n) is 11.7. The Hall–Kier alpha value is -0.900. The highest BCUT2D eigenvalue weighted by Crippen LogP contribution is 2.30. The number of aromatic nitrogens is 2. The van der Waals surface area contributed by atoms with E-state index in [-0.39, 0.29) is 0 Å². The Labute approximate surface area is 115 Å². The molecule has 0 amide bonds. The molecule has 3 rings (SSSR count). The van der Waals surface area contributed by atoms with Gasteiger partial charge in [0.1, 0.15) is 0 Å². The Morgan fingerprint density at radius 2 is 1.63 bits per heavy atom. The van der Waals surface area contributed by atoms with Gasteiger partial charge >= 0.3 is 0 Å². The summed E-state index contributed by atoms with van der Waals surface area (Å²) in [6.07, 6.45) is 12.9. The van der Waals surface area contributed by atoms with Crippen LogP contribution in [0.25, 0.3) is 0 Å². The van der Waals surface area contributed by atoms with Crippen LogP contribution in [0.2, 0.25) is 0 Å². The Morgan fingerprint density at radius 3 is 2.32 bits per heavy atom. The van der Waals surface area contributed by atoms with Crippen molar-refractivity contribution in [2.24, 2.45) is 0 Å². The van der Waals surface area contributed by atoms with Gasteiger partial charge in [-0.3, -0.25) is 0 Å². The zero-order chi connectivity index (χ0) is 12.9. The lowest BCUT2D eigenvalue weighted by molar-refractivity contribution is 0.329. The lowest BCUT2D eigenvalue weighted by Gasteiger charge is -2.10. The Bertz CT molecular complexity index is 374. The highest BCUT2D eigenvalue weighted by atomic mass is 16.5. The van der Waals surface area contributed by atoms with Crippen molar-refractivity contribution < 1.29 is 4.52 Å². The van der Waals surface area contributed by atoms with Crippen LogP contribution in [0.3, 0.4) is 0 Å². The first-order chi connectivity index (χ1) is 9.43. The third kappa shape index (κ3) is 3.35. The maximum absolute atomic E-state index is 5.55. The fraction of sp³-hybridized carbons (Fsp3) is 0.867. The van der Waals surface area contributed by atoms with Crippen LogP contribution in [0, 0.1) is 0 Å². The fourth-order valence-electron chi connectivity index (χ4n) is 3.34. The summed E-state index contributed by atoms with van der Waals surface area (Å²) in [5.41, 5.74) is 0. The van der Waals surface area contributed by atoms with Gasteiger partial charge in [-0.2, -0.15) is 4.98 Å². The summed E-state index contributed by atoms with van der Waals surface area (Å²) < 4.78 is 5.55. The van der Waals surface area contributed by atoms with E-state index in [9.17, 15) is 0 Å². The van der Waals surface area contributed by atoms with Crippen LogP contribution >= 0.6 is 0 Å². The summed E-state index contributed by atoms with van der Waals surface area (Å²) in [5.74, 6) is 2.28. The predicted octanol–water partition coefficient (Wildman–Crippen LogP) is 3.71. The molecule has 106 valence electrons. The molecule has 1 N–H and O–H groups in total. The average Bonchev–Trinajstić information content (AvgIpc) is 3.11. The maximum Gasteiger partial charge on any atom is 0.229 e. The molecular formula is C15H25N3O. The highest BCUT2D eigenvalue weighted by Gasteiger charge is 2.24. The van der Waals surface area contributed by atoms with Gasteiger partial charge in [-0.15, -0.1) is 0 Å². The van der Waals surface area contributed by atoms with Crippen LogP contribution in [-0.2, 0) is 0 Å². The number of rotatable bonds is 2. The van der Waals surface area contributed by atoms with Gasteiger partial charge in [0, 0.05) is 5.92 Å². The predicted molar refractivity (Wildman–Crippen MR) is 74.0 cm³/mol. The van der Waals surface area contributed by atoms with Gasteiger partial charge in [-0.25, -0.2) is 0 Å². The van der Waals surface area contributed by atoms with E-state index in [1.807, 2.05) is 0 Å². The van der Waals surface area contributed by atoms with Gasteiger partial charge in [0.25, 0.3) is 0 Å². The van der Waals surface area contributed by atoms with E-state index in [0.717, 1.165) is 24.7 Å². The molecule has 1 saturated carbocycles. The second-order valence-electron chi connectivity index (χ2n) is 6.04. The van der Waals surface area contributed by atoms with Crippen LogP contribution in [0.15, 0.2) is 4.52 Å². The average molecular weight is 263 g/mol. The van der Waals surface area contributed by atoms with E-state index in [4.69, 9.17) is 4.52 Å². The molecule has 0 spiro atoms. The van der Waals surface area contributed by atoms with Gasteiger partial charge in [-0.05, 0) is 32.2 Å². The van der Waals surface area contributed by atoms with E-state index < -0.39 is 0 Å². The minimum atomic E-state index is 0.328. The number of hydrogen-bond donors (Lipinski definition) is 1. The first-order valence-electron chi connectivity index (χ1n) is 8.00. The second kappa shape index (κ2) is 6.51. The SMILES string of the molecule is C1CCCCC(c2nc([C@@H]3CCCN3)no2)CCC1. The van der Waals surface area contributed by atoms with E-state index in [2.05, 4.69) is 15.5 Å². The molecule has 1 atom stereocenters. The first kappa shape index (κ1) is 13.1. The molecule has 2 aliphatic rings. The van der Waals surface area contributed by atoms with Crippen molar-refractivity contribution in [3.05, 3.63) is 11.7 Å². The summed E-state index contributed by atoms with van der Waals surface area (Å²) in [4.78, 5) is 4.68. The first-order valence-corrected chi connectivity index (χ1v) is 8.00. The Balaban J connectivity index is 1.65. The van der Waals surface area contributed by atoms with E-state index in [1.165, 1.54) is 57.8 Å². The van der Waals surface area contributed by atoms with Crippen LogP contribution < -0.4 is 5.32 Å². The van der Waals surface area contributed by atoms with Crippen molar-refractivity contribution in [1.29, 1.82) is 0 Å². The molecule has 2 heterocycles. The van der Waals surface area contributed by atoms with Gasteiger partial charge in [-0.1, -0.05) is 43.7 Å². The van der Waals surface area contributed by atoms with Crippen LogP contribution in [-0.4, -0.2) is 16.7 Å². The van der Waals surface area contributed by atoms with Crippen molar-refractivity contribution in [1.82, 2.24) is 15.5 Å². The summed E-state index contributed by atoms with van der Waals surface area (Å²) in [7, 11) is 0. The molecular weight excluding hydrogens is 238 g/mol. The lowest BCUT2D eigenvalue weighted by Crippen LogP contribution is -2.14. The minimum Gasteiger partial charge on any atom is -0.339 e. The van der Waals surface area contributed by atoms with Crippen LogP contribution in [0.1, 0.15) is 87.9 Å². The normalized spacial score (nSPS) is 26.8. The monoisotopic (exact) mass is 263 g/mol. The molecule has 1 aliphatic heterocycles. The molecule has 19 heavy (non-hydrogen) atoms. The van der Waals surface area contributed by atoms with Gasteiger partial charge in [0.05, 0.1) is 6.04 Å². The quantitative estimate of drug-likeness (QED) is 0.883. The molecule has 4 nitrogen and oxygen atoms in total. The zero-order valence-corrected chi connectivity index (χ0v) is 11.7. The fourth-order valence-corrected chi connectivity index (χ4v) is 3.34. The molecule has 0 aromatic carbocycles. The number of nitrogens with one attached hydrogen (secondary N) is 1. The summed E-state index contributed by atoms with van der Waals surface area (Å²) in [6, 6.07) is 0.328. The van der Waals surface area contributed by atoms with Gasteiger partial charge in [0.2, 0.25) is 5.89 Å². The van der Waals surface area contributed by atoms with Crippen molar-refractivity contribution in [2.75, 3.05) is 6.54 Å². The molecule has 0 unspecified atom stereocenters. The molecule has 1 aromatic heterocycles. The van der Waals surface area contributed by atoms with Gasteiger partial charge < -0.3 is 9.84 Å². The second-order valence-corrected chi connectivity index (χ2v) is 6.04. The molecule has 2 fully saturated rings. The molecule has 1 aliphatic carbocycles. The van der Waals surface area contributed by atoms with Crippen molar-refractivity contribution in [3.63, 3.8) is 0 Å². The Morgan fingerprint density at radius 1 is 0.895 bits per heavy atom. The van der Waals surface area contributed by atoms with Crippen molar-refractivity contribution in [2.45, 2.75) is 76.2 Å². The Kier molecular flexibility index (Phi) is 4.49. The number of nitrogens with zero attached hydrogens (tertiary/aromatic N) is 2. The molecule has 4 heteroatoms. The molecule has 0 bridgehead atoms. The minimum absolute atomic E-state index is 0.328. The standard InChI is InChI=1S/C15H25N3O/c1-2-4-6-9-12(8-5-3-1)15-17-14(18-19-15)13-10-7-11-16-13/h12-13,16H,1-11H2/t13-/m0/s1. The molecule has 0 radical (unpaired) electrons. The topological polar surface area (TPSA) is 51.0 Å². The molecule has 1 aromatic rings. The largest absolute Gasteiger partial charge is 0.339 e. The maximum atomic E-state index is 5.55. The van der Waals surface area contributed by atoms with Crippen LogP contribution in [0.4, 0.5) is 0 Å². The van der Waals surface area contributed by atoms with E-state index in [1.54, 1.807) is 0 Å².